The summed E-state index contributed by atoms with van der Waals surface area (Å²) in [7, 11) is 1.75. The Kier molecular flexibility index (Phi) is 2.67. The largest absolute Gasteiger partial charge is 0.479 e. The van der Waals surface area contributed by atoms with Crippen molar-refractivity contribution in [3.8, 4) is 17.0 Å². The maximum Gasteiger partial charge on any atom is 0.267 e. The molecule has 0 fully saturated rings. The number of carbonyl (C=O) groups is 1. The number of aromatic amines is 1. The number of nitrogens with one attached hydrogen (secondary N) is 1. The Hall–Kier alpha value is -2.50. The maximum absolute atomic E-state index is 12.0. The van der Waals surface area contributed by atoms with E-state index in [1.165, 1.54) is 0 Å². The normalized spacial score (nSPS) is 17.9. The summed E-state index contributed by atoms with van der Waals surface area (Å²) in [5.41, 5.74) is 8.98. The van der Waals surface area contributed by atoms with Crippen LogP contribution in [0.4, 0.5) is 11.6 Å². The number of amides is 1. The average molecular weight is 272 g/mol. The summed E-state index contributed by atoms with van der Waals surface area (Å²) in [5, 5.41) is 0. The predicted molar refractivity (Wildman–Crippen MR) is 76.7 cm³/mol. The van der Waals surface area contributed by atoms with Crippen molar-refractivity contribution in [2.75, 3.05) is 17.7 Å². The van der Waals surface area contributed by atoms with E-state index >= 15 is 0 Å². The highest BCUT2D eigenvalue weighted by atomic mass is 16.5. The summed E-state index contributed by atoms with van der Waals surface area (Å²) in [6, 6.07) is 5.66. The predicted octanol–water partition coefficient (Wildman–Crippen LogP) is 1.71. The number of hydrogen-bond acceptors (Lipinski definition) is 4. The van der Waals surface area contributed by atoms with E-state index in [1.807, 2.05) is 25.1 Å². The van der Waals surface area contributed by atoms with Gasteiger partial charge in [-0.25, -0.2) is 4.98 Å². The van der Waals surface area contributed by atoms with E-state index in [4.69, 9.17) is 10.5 Å². The summed E-state index contributed by atoms with van der Waals surface area (Å²) < 4.78 is 5.60. The van der Waals surface area contributed by atoms with Crippen LogP contribution in [0, 0.1) is 6.92 Å². The van der Waals surface area contributed by atoms with Crippen LogP contribution >= 0.6 is 0 Å². The second-order valence-electron chi connectivity index (χ2n) is 4.94. The molecule has 0 saturated carbocycles. The van der Waals surface area contributed by atoms with Crippen molar-refractivity contribution in [1.82, 2.24) is 9.97 Å². The molecule has 1 aromatic heterocycles. The zero-order valence-corrected chi connectivity index (χ0v) is 11.6. The van der Waals surface area contributed by atoms with Gasteiger partial charge in [-0.1, -0.05) is 0 Å². The molecular formula is C14H16N4O2. The van der Waals surface area contributed by atoms with Crippen LogP contribution in [0.5, 0.6) is 5.75 Å². The van der Waals surface area contributed by atoms with Crippen LogP contribution in [0.1, 0.15) is 12.6 Å². The van der Waals surface area contributed by atoms with E-state index in [0.717, 1.165) is 22.6 Å². The Morgan fingerprint density at radius 1 is 1.45 bits per heavy atom. The number of likely N-dealkylation sites (N-methyl/N-ethyl adjacent to an activating group) is 1. The molecule has 0 spiro atoms. The minimum atomic E-state index is -0.457. The molecule has 0 radical (unpaired) electrons. The number of rotatable bonds is 1. The van der Waals surface area contributed by atoms with Crippen molar-refractivity contribution >= 4 is 17.5 Å². The monoisotopic (exact) mass is 272 g/mol. The number of ether oxygens (including phenoxy) is 1. The second kappa shape index (κ2) is 4.26. The van der Waals surface area contributed by atoms with Gasteiger partial charge >= 0.3 is 0 Å². The highest BCUT2D eigenvalue weighted by Gasteiger charge is 2.29. The van der Waals surface area contributed by atoms with Crippen LogP contribution in [0.3, 0.4) is 0 Å². The molecule has 2 heterocycles. The van der Waals surface area contributed by atoms with Gasteiger partial charge < -0.3 is 20.4 Å². The van der Waals surface area contributed by atoms with Crippen molar-refractivity contribution in [2.45, 2.75) is 20.0 Å². The molecule has 0 saturated heterocycles. The van der Waals surface area contributed by atoms with E-state index in [1.54, 1.807) is 18.9 Å². The lowest BCUT2D eigenvalue weighted by atomic mass is 10.1. The molecule has 3 N–H and O–H groups in total. The number of anilines is 2. The van der Waals surface area contributed by atoms with E-state index in [-0.39, 0.29) is 5.91 Å². The van der Waals surface area contributed by atoms with Crippen LogP contribution in [0.25, 0.3) is 11.3 Å². The van der Waals surface area contributed by atoms with Crippen LogP contribution in [-0.2, 0) is 4.79 Å². The second-order valence-corrected chi connectivity index (χ2v) is 4.94. The quantitative estimate of drug-likeness (QED) is 0.827. The molecule has 6 heteroatoms. The van der Waals surface area contributed by atoms with Gasteiger partial charge in [0.2, 0.25) is 0 Å². The number of nitrogens with zero attached hydrogens (tertiary/aromatic N) is 2. The van der Waals surface area contributed by atoms with Gasteiger partial charge in [-0.15, -0.1) is 0 Å². The summed E-state index contributed by atoms with van der Waals surface area (Å²) in [5.74, 6) is 1.02. The molecule has 1 aromatic carbocycles. The molecule has 3 rings (SSSR count). The molecule has 6 nitrogen and oxygen atoms in total. The Morgan fingerprint density at radius 3 is 2.85 bits per heavy atom. The molecule has 1 aliphatic heterocycles. The number of benzene rings is 1. The van der Waals surface area contributed by atoms with Gasteiger partial charge in [0.05, 0.1) is 11.4 Å². The first kappa shape index (κ1) is 12.5. The highest BCUT2D eigenvalue weighted by molar-refractivity contribution is 6.00. The maximum atomic E-state index is 12.0. The van der Waals surface area contributed by atoms with Crippen molar-refractivity contribution in [1.29, 1.82) is 0 Å². The molecule has 2 aromatic rings. The van der Waals surface area contributed by atoms with Gasteiger partial charge in [-0.2, -0.15) is 0 Å². The van der Waals surface area contributed by atoms with Gasteiger partial charge in [0.25, 0.3) is 5.91 Å². The highest BCUT2D eigenvalue weighted by Crippen LogP contribution is 2.37. The lowest BCUT2D eigenvalue weighted by molar-refractivity contribution is -0.125. The van der Waals surface area contributed by atoms with E-state index in [2.05, 4.69) is 9.97 Å². The molecule has 0 bridgehead atoms. The van der Waals surface area contributed by atoms with Crippen LogP contribution in [0.2, 0.25) is 0 Å². The van der Waals surface area contributed by atoms with Gasteiger partial charge in [0, 0.05) is 18.3 Å². The third kappa shape index (κ3) is 1.80. The van der Waals surface area contributed by atoms with Gasteiger partial charge in [-0.05, 0) is 32.0 Å². The summed E-state index contributed by atoms with van der Waals surface area (Å²) in [6.45, 7) is 3.65. The first-order valence-electron chi connectivity index (χ1n) is 6.38. The van der Waals surface area contributed by atoms with Gasteiger partial charge in [-0.3, -0.25) is 4.79 Å². The fourth-order valence-electron chi connectivity index (χ4n) is 2.42. The molecule has 20 heavy (non-hydrogen) atoms. The van der Waals surface area contributed by atoms with Crippen LogP contribution in [0.15, 0.2) is 18.2 Å². The van der Waals surface area contributed by atoms with Crippen molar-refractivity contribution < 1.29 is 9.53 Å². The van der Waals surface area contributed by atoms with Gasteiger partial charge in [0.1, 0.15) is 5.75 Å². The van der Waals surface area contributed by atoms with E-state index in [0.29, 0.717) is 11.7 Å². The fraction of sp³-hybridized carbons (Fsp3) is 0.286. The molecule has 104 valence electrons. The first-order valence-corrected chi connectivity index (χ1v) is 6.38. The molecular weight excluding hydrogens is 256 g/mol. The number of carbonyl (C=O) groups excluding carboxylic acids is 1. The standard InChI is InChI=1S/C14H16N4O2/c1-7-12(17-14(15)16-7)9-4-5-11-10(6-9)18(3)13(19)8(2)20-11/h4-6,8H,1-3H3,(H3,15,16,17). The minimum Gasteiger partial charge on any atom is -0.479 e. The summed E-state index contributed by atoms with van der Waals surface area (Å²) in [4.78, 5) is 20.8. The minimum absolute atomic E-state index is 0.0621. The van der Waals surface area contributed by atoms with E-state index < -0.39 is 6.10 Å². The Bertz CT molecular complexity index is 692. The molecule has 1 atom stereocenters. The average Bonchev–Trinajstić information content (AvgIpc) is 2.75. The number of fused-ring (bicyclic) bond motifs is 1. The van der Waals surface area contributed by atoms with Gasteiger partial charge in [0.15, 0.2) is 12.1 Å². The Morgan fingerprint density at radius 2 is 2.20 bits per heavy atom. The molecule has 1 unspecified atom stereocenters. The SMILES string of the molecule is Cc1[nH]c(N)nc1-c1ccc2c(c1)N(C)C(=O)C(C)O2. The van der Waals surface area contributed by atoms with Crippen molar-refractivity contribution in [3.63, 3.8) is 0 Å². The Labute approximate surface area is 116 Å². The van der Waals surface area contributed by atoms with E-state index in [9.17, 15) is 4.79 Å². The van der Waals surface area contributed by atoms with Crippen molar-refractivity contribution in [2.24, 2.45) is 0 Å². The third-order valence-electron chi connectivity index (χ3n) is 3.48. The van der Waals surface area contributed by atoms with Crippen LogP contribution in [-0.4, -0.2) is 29.0 Å². The summed E-state index contributed by atoms with van der Waals surface area (Å²) in [6.07, 6.45) is -0.457. The Balaban J connectivity index is 2.10. The number of hydrogen-bond donors (Lipinski definition) is 2. The third-order valence-corrected chi connectivity index (χ3v) is 3.48. The smallest absolute Gasteiger partial charge is 0.267 e. The zero-order chi connectivity index (χ0) is 14.4. The van der Waals surface area contributed by atoms with Crippen molar-refractivity contribution in [3.05, 3.63) is 23.9 Å². The van der Waals surface area contributed by atoms with Crippen LogP contribution < -0.4 is 15.4 Å². The number of imidazole rings is 1. The summed E-state index contributed by atoms with van der Waals surface area (Å²) >= 11 is 0. The number of nitrogens with two attached hydrogens (primary N) is 1. The lowest BCUT2D eigenvalue weighted by Crippen LogP contribution is -2.41. The lowest BCUT2D eigenvalue weighted by Gasteiger charge is -2.30. The molecule has 0 aliphatic carbocycles. The molecule has 1 amide bonds. The molecule has 1 aliphatic rings. The zero-order valence-electron chi connectivity index (χ0n) is 11.6. The first-order chi connectivity index (χ1) is 9.47. The number of H-pyrrole nitrogens is 1. The number of aryl methyl sites for hydroxylation is 1. The fourth-order valence-corrected chi connectivity index (χ4v) is 2.42. The topological polar surface area (TPSA) is 84.2 Å². The number of nitrogen functional groups attached to an aromatic ring is 1. The number of aromatic nitrogens is 2.